The van der Waals surface area contributed by atoms with E-state index in [1.165, 1.54) is 0 Å². The molecule has 5 rings (SSSR count). The molecule has 1 amide bonds. The van der Waals surface area contributed by atoms with Gasteiger partial charge in [0.2, 0.25) is 5.91 Å². The molecule has 186 valence electrons. The monoisotopic (exact) mass is 493 g/mol. The molecule has 5 aromatic rings. The van der Waals surface area contributed by atoms with Gasteiger partial charge in [-0.05, 0) is 64.1 Å². The number of nitrogens with zero attached hydrogens (tertiary/aromatic N) is 7. The van der Waals surface area contributed by atoms with Crippen LogP contribution in [0.3, 0.4) is 0 Å². The first-order chi connectivity index (χ1) is 17.7. The van der Waals surface area contributed by atoms with Gasteiger partial charge in [-0.3, -0.25) is 14.2 Å². The largest absolute Gasteiger partial charge is 0.309 e. The van der Waals surface area contributed by atoms with Gasteiger partial charge < -0.3 is 10.6 Å². The molecule has 0 aliphatic heterocycles. The maximum atomic E-state index is 12.6. The highest BCUT2D eigenvalue weighted by molar-refractivity contribution is 5.96. The summed E-state index contributed by atoms with van der Waals surface area (Å²) in [6, 6.07) is 9.22. The second-order valence-corrected chi connectivity index (χ2v) is 8.94. The molecule has 0 radical (unpaired) electrons. The quantitative estimate of drug-likeness (QED) is 0.370. The molecule has 0 aliphatic carbocycles. The lowest BCUT2D eigenvalue weighted by molar-refractivity contribution is -0.117. The average Bonchev–Trinajstić information content (AvgIpc) is 3.39. The number of aryl methyl sites for hydroxylation is 4. The van der Waals surface area contributed by atoms with E-state index in [-0.39, 0.29) is 11.9 Å². The smallest absolute Gasteiger partial charge is 0.242 e. The SMILES string of the molecule is CNC(C)C(=O)Nc1cc(-c2nc(C)nc3c(C)nn(C)c23)cc(C#Cc2ccc3c(cnn3C)c2)n1. The van der Waals surface area contributed by atoms with Crippen molar-refractivity contribution in [2.75, 3.05) is 12.4 Å². The van der Waals surface area contributed by atoms with Gasteiger partial charge >= 0.3 is 0 Å². The summed E-state index contributed by atoms with van der Waals surface area (Å²) in [7, 11) is 5.50. The van der Waals surface area contributed by atoms with Crippen LogP contribution in [-0.4, -0.2) is 53.5 Å². The number of nitrogens with one attached hydrogen (secondary N) is 2. The molecule has 0 fully saturated rings. The van der Waals surface area contributed by atoms with Crippen LogP contribution in [0.1, 0.15) is 29.7 Å². The summed E-state index contributed by atoms with van der Waals surface area (Å²) in [5.74, 6) is 7.17. The van der Waals surface area contributed by atoms with Crippen LogP contribution in [0.5, 0.6) is 0 Å². The van der Waals surface area contributed by atoms with Crippen molar-refractivity contribution in [2.45, 2.75) is 26.8 Å². The molecule has 2 N–H and O–H groups in total. The van der Waals surface area contributed by atoms with E-state index in [4.69, 9.17) is 4.98 Å². The number of pyridine rings is 1. The Kier molecular flexibility index (Phi) is 6.15. The minimum absolute atomic E-state index is 0.200. The van der Waals surface area contributed by atoms with Crippen LogP contribution in [0, 0.1) is 25.7 Å². The summed E-state index contributed by atoms with van der Waals surface area (Å²) in [5.41, 5.74) is 6.23. The molecule has 0 bridgehead atoms. The third-order valence-electron chi connectivity index (χ3n) is 6.22. The van der Waals surface area contributed by atoms with Gasteiger partial charge in [0.25, 0.3) is 0 Å². The Hall–Kier alpha value is -4.62. The number of aromatic nitrogens is 7. The summed E-state index contributed by atoms with van der Waals surface area (Å²) >= 11 is 0. The number of anilines is 1. The van der Waals surface area contributed by atoms with Crippen molar-refractivity contribution in [3.63, 3.8) is 0 Å². The Bertz CT molecular complexity index is 1740. The van der Waals surface area contributed by atoms with E-state index >= 15 is 0 Å². The zero-order chi connectivity index (χ0) is 26.3. The van der Waals surface area contributed by atoms with Crippen molar-refractivity contribution in [3.05, 3.63) is 59.3 Å². The topological polar surface area (TPSA) is 115 Å². The van der Waals surface area contributed by atoms with Crippen LogP contribution >= 0.6 is 0 Å². The molecule has 10 heteroatoms. The van der Waals surface area contributed by atoms with Gasteiger partial charge in [-0.2, -0.15) is 10.2 Å². The highest BCUT2D eigenvalue weighted by Gasteiger charge is 2.18. The van der Waals surface area contributed by atoms with E-state index in [1.54, 1.807) is 24.7 Å². The molecular formula is C27H27N9O. The molecule has 1 unspecified atom stereocenters. The standard InChI is InChI=1S/C27H27N9O/c1-15-24-26(36(6)34-15)25(31-17(3)30-24)19-12-21(32-23(13-19)33-27(37)16(2)28-4)9-7-18-8-10-22-20(11-18)14-29-35(22)5/h8,10-14,16,28H,1-6H3,(H,32,33,37). The number of fused-ring (bicyclic) bond motifs is 2. The number of rotatable bonds is 4. The van der Waals surface area contributed by atoms with E-state index < -0.39 is 0 Å². The third kappa shape index (κ3) is 4.64. The highest BCUT2D eigenvalue weighted by Crippen LogP contribution is 2.29. The zero-order valence-electron chi connectivity index (χ0n) is 21.6. The number of carbonyl (C=O) groups is 1. The zero-order valence-corrected chi connectivity index (χ0v) is 21.6. The highest BCUT2D eigenvalue weighted by atomic mass is 16.2. The number of benzene rings is 1. The Balaban J connectivity index is 1.64. The predicted molar refractivity (Wildman–Crippen MR) is 143 cm³/mol. The van der Waals surface area contributed by atoms with Crippen LogP contribution in [-0.2, 0) is 18.9 Å². The number of hydrogen-bond donors (Lipinski definition) is 2. The van der Waals surface area contributed by atoms with Crippen molar-refractivity contribution < 1.29 is 4.79 Å². The van der Waals surface area contributed by atoms with Crippen LogP contribution in [0.2, 0.25) is 0 Å². The number of likely N-dealkylation sites (N-methyl/N-ethyl adjacent to an activating group) is 1. The number of amides is 1. The number of carbonyl (C=O) groups excluding carboxylic acids is 1. The van der Waals surface area contributed by atoms with E-state index in [0.717, 1.165) is 38.8 Å². The lowest BCUT2D eigenvalue weighted by Gasteiger charge is -2.12. The fourth-order valence-corrected chi connectivity index (χ4v) is 4.19. The molecule has 4 aromatic heterocycles. The van der Waals surface area contributed by atoms with E-state index in [0.29, 0.717) is 23.0 Å². The van der Waals surface area contributed by atoms with Crippen molar-refractivity contribution in [2.24, 2.45) is 14.1 Å². The van der Waals surface area contributed by atoms with Gasteiger partial charge in [-0.1, -0.05) is 5.92 Å². The Morgan fingerprint density at radius 1 is 1.03 bits per heavy atom. The van der Waals surface area contributed by atoms with Crippen molar-refractivity contribution in [1.29, 1.82) is 0 Å². The second kappa shape index (κ2) is 9.44. The van der Waals surface area contributed by atoms with Crippen LogP contribution in [0.15, 0.2) is 36.5 Å². The van der Waals surface area contributed by atoms with Crippen molar-refractivity contribution in [1.82, 2.24) is 39.8 Å². The minimum atomic E-state index is -0.390. The molecule has 10 nitrogen and oxygen atoms in total. The van der Waals surface area contributed by atoms with Gasteiger partial charge in [-0.15, -0.1) is 0 Å². The second-order valence-electron chi connectivity index (χ2n) is 8.94. The molecule has 0 saturated heterocycles. The lowest BCUT2D eigenvalue weighted by Crippen LogP contribution is -2.35. The molecule has 1 aromatic carbocycles. The van der Waals surface area contributed by atoms with Gasteiger partial charge in [0, 0.05) is 30.6 Å². The first kappa shape index (κ1) is 24.1. The van der Waals surface area contributed by atoms with Gasteiger partial charge in [0.15, 0.2) is 0 Å². The molecular weight excluding hydrogens is 466 g/mol. The van der Waals surface area contributed by atoms with Gasteiger partial charge in [-0.25, -0.2) is 15.0 Å². The Morgan fingerprint density at radius 2 is 1.84 bits per heavy atom. The lowest BCUT2D eigenvalue weighted by atomic mass is 10.1. The molecule has 0 aliphatic rings. The molecule has 0 saturated carbocycles. The van der Waals surface area contributed by atoms with Crippen molar-refractivity contribution >= 4 is 33.7 Å². The van der Waals surface area contributed by atoms with Gasteiger partial charge in [0.1, 0.15) is 34.1 Å². The Labute approximate surface area is 214 Å². The van der Waals surface area contributed by atoms with Crippen LogP contribution in [0.4, 0.5) is 5.82 Å². The summed E-state index contributed by atoms with van der Waals surface area (Å²) in [5, 5.41) is 15.7. The molecule has 0 spiro atoms. The molecule has 37 heavy (non-hydrogen) atoms. The summed E-state index contributed by atoms with van der Waals surface area (Å²) in [6.45, 7) is 5.55. The van der Waals surface area contributed by atoms with Crippen LogP contribution < -0.4 is 10.6 Å². The maximum absolute atomic E-state index is 12.6. The number of hydrogen-bond acceptors (Lipinski definition) is 7. The molecule has 1 atom stereocenters. The maximum Gasteiger partial charge on any atom is 0.242 e. The third-order valence-corrected chi connectivity index (χ3v) is 6.22. The fourth-order valence-electron chi connectivity index (χ4n) is 4.19. The first-order valence-corrected chi connectivity index (χ1v) is 11.9. The van der Waals surface area contributed by atoms with E-state index in [2.05, 4.69) is 42.6 Å². The van der Waals surface area contributed by atoms with Crippen LogP contribution in [0.25, 0.3) is 33.2 Å². The molecule has 4 heterocycles. The van der Waals surface area contributed by atoms with Gasteiger partial charge in [0.05, 0.1) is 23.4 Å². The average molecular weight is 494 g/mol. The summed E-state index contributed by atoms with van der Waals surface area (Å²) in [6.07, 6.45) is 1.81. The predicted octanol–water partition coefficient (Wildman–Crippen LogP) is 2.88. The summed E-state index contributed by atoms with van der Waals surface area (Å²) in [4.78, 5) is 26.6. The normalized spacial score (nSPS) is 11.9. The van der Waals surface area contributed by atoms with Crippen molar-refractivity contribution in [3.8, 4) is 23.1 Å². The summed E-state index contributed by atoms with van der Waals surface area (Å²) < 4.78 is 3.60. The first-order valence-electron chi connectivity index (χ1n) is 11.9. The minimum Gasteiger partial charge on any atom is -0.309 e. The fraction of sp³-hybridized carbons (Fsp3) is 0.259. The Morgan fingerprint density at radius 3 is 2.62 bits per heavy atom. The van der Waals surface area contributed by atoms with E-state index in [1.807, 2.05) is 63.1 Å². The van der Waals surface area contributed by atoms with E-state index in [9.17, 15) is 4.79 Å².